The molecule has 604 valence electrons. The van der Waals surface area contributed by atoms with Crippen LogP contribution in [0, 0.1) is 0 Å². The van der Waals surface area contributed by atoms with Gasteiger partial charge in [0.25, 0.3) is 0 Å². The Morgan fingerprint density at radius 3 is 1.17 bits per heavy atom. The summed E-state index contributed by atoms with van der Waals surface area (Å²) in [6.07, 6.45) is 6.39. The molecular formula is C117H89N7O2. The molecule has 0 aliphatic heterocycles. The van der Waals surface area contributed by atoms with E-state index in [1.165, 1.54) is 87.1 Å². The predicted octanol–water partition coefficient (Wildman–Crippen LogP) is 31.6. The number of hydrogen-bond donors (Lipinski definition) is 0. The fraction of sp³-hybridized carbons (Fsp3) is 0.120. The highest BCUT2D eigenvalue weighted by molar-refractivity contribution is 6.17. The topological polar surface area (TPSA) is 101 Å². The van der Waals surface area contributed by atoms with Crippen LogP contribution in [0.2, 0.25) is 0 Å². The molecule has 1 aliphatic carbocycles. The van der Waals surface area contributed by atoms with Crippen LogP contribution in [0.4, 0.5) is 0 Å². The zero-order valence-corrected chi connectivity index (χ0v) is 71.2. The van der Waals surface area contributed by atoms with Crippen molar-refractivity contribution in [3.8, 4) is 135 Å². The molecule has 0 radical (unpaired) electrons. The van der Waals surface area contributed by atoms with Crippen molar-refractivity contribution in [3.63, 3.8) is 0 Å². The SMILES string of the molecule is CC(C)(C)c1cc(-n2c3ccccc3c3cc(-c4ccc5oc6cccc(-c7cccc(-c8nc(-c9ccccc9)nc(-c9ccc(-c%10ccc%11c%12cc(-c%13ccc%14oc%15cccc(-c%16cccc(-c%17nc(-c%18ccccc%18)cc(-c%18ccccc%18)n%17)c%16)c%15c%14c%13)ccc%12n(-c%12ccc(C%13CCCCC%13)cc%12)c%11c%10)cc9)n8)c7)c6c5c4)ccc32)cc(C(C)(C)C)c1. The van der Waals surface area contributed by atoms with Crippen molar-refractivity contribution in [2.24, 2.45) is 0 Å². The fourth-order valence-electron chi connectivity index (χ4n) is 19.4. The van der Waals surface area contributed by atoms with Gasteiger partial charge in [0, 0.05) is 87.8 Å². The van der Waals surface area contributed by atoms with Gasteiger partial charge in [0.1, 0.15) is 22.3 Å². The normalized spacial score (nSPS) is 13.0. The van der Waals surface area contributed by atoms with Crippen LogP contribution in [-0.4, -0.2) is 34.1 Å². The summed E-state index contributed by atoms with van der Waals surface area (Å²) in [5.74, 6) is 3.02. The lowest BCUT2D eigenvalue weighted by molar-refractivity contribution is 0.443. The van der Waals surface area contributed by atoms with Gasteiger partial charge in [-0.1, -0.05) is 310 Å². The van der Waals surface area contributed by atoms with Gasteiger partial charge in [0.2, 0.25) is 0 Å². The minimum Gasteiger partial charge on any atom is -0.456 e. The second kappa shape index (κ2) is 30.4. The van der Waals surface area contributed by atoms with Crippen molar-refractivity contribution in [2.45, 2.75) is 90.4 Å². The van der Waals surface area contributed by atoms with E-state index in [1.807, 2.05) is 30.3 Å². The number of furan rings is 2. The number of nitrogens with zero attached hydrogens (tertiary/aromatic N) is 7. The summed E-state index contributed by atoms with van der Waals surface area (Å²) in [6.45, 7) is 13.9. The Bertz CT molecular complexity index is 7960. The Kier molecular flexibility index (Phi) is 18.3. The molecule has 6 heterocycles. The van der Waals surface area contributed by atoms with Crippen LogP contribution in [0.5, 0.6) is 0 Å². The minimum atomic E-state index is -0.0243. The van der Waals surface area contributed by atoms with Gasteiger partial charge in [-0.15, -0.1) is 0 Å². The maximum Gasteiger partial charge on any atom is 0.164 e. The van der Waals surface area contributed by atoms with Crippen molar-refractivity contribution in [1.82, 2.24) is 34.1 Å². The maximum absolute atomic E-state index is 6.74. The first kappa shape index (κ1) is 75.8. The molecule has 1 saturated carbocycles. The lowest BCUT2D eigenvalue weighted by Crippen LogP contribution is -2.17. The zero-order valence-electron chi connectivity index (χ0n) is 71.2. The van der Waals surface area contributed by atoms with E-state index in [9.17, 15) is 0 Å². The largest absolute Gasteiger partial charge is 0.456 e. The van der Waals surface area contributed by atoms with Crippen LogP contribution < -0.4 is 0 Å². The number of hydrogen-bond acceptors (Lipinski definition) is 7. The zero-order chi connectivity index (χ0) is 84.5. The van der Waals surface area contributed by atoms with Crippen molar-refractivity contribution in [1.29, 1.82) is 0 Å². The van der Waals surface area contributed by atoms with Crippen LogP contribution in [0.15, 0.2) is 373 Å². The van der Waals surface area contributed by atoms with Crippen LogP contribution in [-0.2, 0) is 10.8 Å². The molecule has 0 N–H and O–H groups in total. The standard InChI is InChI=1S/C117H89N7O2/c1-116(2,3)88-68-89(117(4,5)6)70-91(69-88)124-102-40-20-19-37-94(102)96-63-79(51-58-104(96)124)81-52-59-106-98(65-81)111-93(39-24-42-109(111)126-106)85-34-22-36-87(62-85)115-121-112(77-31-17-10-18-32-77)120-113(122-115)78-45-43-74(44-46-78)83-49-56-95-97-64-80(50-57-103(97)123(105(95)67-83)90-54-47-73(48-55-90)72-25-11-7-12-26-72)82-53-60-107-99(66-82)110-92(38-23-41-108(110)125-107)84-33-21-35-86(61-84)114-118-100(75-27-13-8-14-28-75)71-101(119-114)76-29-15-9-16-30-76/h8-10,13-24,27-72H,7,11-12,25-26H2,1-6H3. The summed E-state index contributed by atoms with van der Waals surface area (Å²) in [5.41, 5.74) is 32.6. The van der Waals surface area contributed by atoms with Crippen LogP contribution in [0.1, 0.15) is 96.3 Å². The van der Waals surface area contributed by atoms with Crippen LogP contribution in [0.25, 0.3) is 223 Å². The minimum absolute atomic E-state index is 0.0243. The van der Waals surface area contributed by atoms with Crippen molar-refractivity contribution >= 4 is 87.5 Å². The number of fused-ring (bicyclic) bond motifs is 12. The molecule has 0 amide bonds. The monoisotopic (exact) mass is 1620 g/mol. The molecule has 126 heavy (non-hydrogen) atoms. The van der Waals surface area contributed by atoms with E-state index in [1.54, 1.807) is 0 Å². The van der Waals surface area contributed by atoms with Gasteiger partial charge in [0.15, 0.2) is 23.3 Å². The Morgan fingerprint density at radius 1 is 0.246 bits per heavy atom. The summed E-state index contributed by atoms with van der Waals surface area (Å²) in [5, 5.41) is 9.00. The highest BCUT2D eigenvalue weighted by Gasteiger charge is 2.27. The quantitative estimate of drug-likeness (QED) is 0.107. The molecule has 0 spiro atoms. The number of para-hydroxylation sites is 1. The van der Waals surface area contributed by atoms with Crippen molar-refractivity contribution in [2.75, 3.05) is 0 Å². The lowest BCUT2D eigenvalue weighted by Gasteiger charge is -2.26. The number of benzene rings is 16. The van der Waals surface area contributed by atoms with Gasteiger partial charge in [-0.2, -0.15) is 0 Å². The van der Waals surface area contributed by atoms with Gasteiger partial charge in [0.05, 0.1) is 33.5 Å². The molecule has 0 saturated heterocycles. The van der Waals surface area contributed by atoms with E-state index < -0.39 is 0 Å². The predicted molar refractivity (Wildman–Crippen MR) is 522 cm³/mol. The molecule has 9 nitrogen and oxygen atoms in total. The highest BCUT2D eigenvalue weighted by Crippen LogP contribution is 2.47. The van der Waals surface area contributed by atoms with E-state index in [0.717, 1.165) is 161 Å². The molecule has 1 aliphatic rings. The first-order valence-electron chi connectivity index (χ1n) is 44.1. The van der Waals surface area contributed by atoms with E-state index in [2.05, 4.69) is 384 Å². The van der Waals surface area contributed by atoms with Gasteiger partial charge in [-0.25, -0.2) is 24.9 Å². The first-order chi connectivity index (χ1) is 61.6. The molecule has 16 aromatic carbocycles. The fourth-order valence-corrected chi connectivity index (χ4v) is 19.4. The average molecular weight is 1630 g/mol. The Labute approximate surface area is 731 Å². The number of aromatic nitrogens is 7. The van der Waals surface area contributed by atoms with Gasteiger partial charge in [-0.3, -0.25) is 0 Å². The third-order valence-electron chi connectivity index (χ3n) is 26.1. The second-order valence-corrected chi connectivity index (χ2v) is 36.2. The lowest BCUT2D eigenvalue weighted by atomic mass is 9.80. The van der Waals surface area contributed by atoms with E-state index in [-0.39, 0.29) is 10.8 Å². The Balaban J connectivity index is 0.580. The van der Waals surface area contributed by atoms with Crippen LogP contribution >= 0.6 is 0 Å². The summed E-state index contributed by atoms with van der Waals surface area (Å²) in [6, 6.07) is 131. The van der Waals surface area contributed by atoms with E-state index in [0.29, 0.717) is 29.2 Å². The molecule has 0 unspecified atom stereocenters. The van der Waals surface area contributed by atoms with Gasteiger partial charge < -0.3 is 18.0 Å². The molecule has 1 fully saturated rings. The third-order valence-corrected chi connectivity index (χ3v) is 26.1. The highest BCUT2D eigenvalue weighted by atomic mass is 16.3. The van der Waals surface area contributed by atoms with Gasteiger partial charge in [-0.05, 0) is 217 Å². The molecule has 0 atom stereocenters. The third kappa shape index (κ3) is 13.6. The van der Waals surface area contributed by atoms with Crippen molar-refractivity contribution < 1.29 is 8.83 Å². The molecule has 6 aromatic heterocycles. The Hall–Kier alpha value is -15.2. The maximum atomic E-state index is 6.74. The van der Waals surface area contributed by atoms with Gasteiger partial charge >= 0.3 is 0 Å². The second-order valence-electron chi connectivity index (χ2n) is 36.2. The summed E-state index contributed by atoms with van der Waals surface area (Å²) in [4.78, 5) is 26.3. The summed E-state index contributed by atoms with van der Waals surface area (Å²) >= 11 is 0. The molecule has 23 rings (SSSR count). The number of rotatable bonds is 14. The first-order valence-corrected chi connectivity index (χ1v) is 44.1. The molecular weight excluding hydrogens is 1540 g/mol. The summed E-state index contributed by atoms with van der Waals surface area (Å²) < 4.78 is 18.4. The molecule has 22 aromatic rings. The average Bonchev–Trinajstić information content (AvgIpc) is 1.59. The van der Waals surface area contributed by atoms with Crippen molar-refractivity contribution in [3.05, 3.63) is 381 Å². The van der Waals surface area contributed by atoms with Crippen LogP contribution in [0.3, 0.4) is 0 Å². The van der Waals surface area contributed by atoms with E-state index in [4.69, 9.17) is 33.8 Å². The molecule has 9 heteroatoms. The summed E-state index contributed by atoms with van der Waals surface area (Å²) in [7, 11) is 0. The molecule has 0 bridgehead atoms. The Morgan fingerprint density at radius 2 is 0.643 bits per heavy atom. The van der Waals surface area contributed by atoms with E-state index >= 15 is 0 Å². The smallest absolute Gasteiger partial charge is 0.164 e.